The molecule has 32 heavy (non-hydrogen) atoms. The monoisotopic (exact) mass is 438 g/mol. The van der Waals surface area contributed by atoms with E-state index in [0.717, 1.165) is 25.0 Å². The van der Waals surface area contributed by atoms with Crippen LogP contribution in [0.2, 0.25) is 0 Å². The van der Waals surface area contributed by atoms with Gasteiger partial charge in [-0.15, -0.1) is 0 Å². The van der Waals surface area contributed by atoms with Gasteiger partial charge in [-0.2, -0.15) is 0 Å². The van der Waals surface area contributed by atoms with Crippen molar-refractivity contribution in [2.24, 2.45) is 34.0 Å². The van der Waals surface area contributed by atoms with Crippen LogP contribution in [0.4, 0.5) is 0 Å². The second-order valence-corrected chi connectivity index (χ2v) is 13.3. The zero-order chi connectivity index (χ0) is 23.3. The van der Waals surface area contributed by atoms with Crippen molar-refractivity contribution < 1.29 is 14.6 Å². The van der Waals surface area contributed by atoms with E-state index >= 15 is 0 Å². The third-order valence-electron chi connectivity index (χ3n) is 10.6. The molecule has 4 aliphatic rings. The van der Waals surface area contributed by atoms with Crippen LogP contribution in [0.5, 0.6) is 5.75 Å². The van der Waals surface area contributed by atoms with Crippen molar-refractivity contribution in [3.8, 4) is 5.75 Å². The molecule has 7 atom stereocenters. The molecule has 1 N–H and O–H groups in total. The van der Waals surface area contributed by atoms with Crippen molar-refractivity contribution >= 4 is 5.78 Å². The van der Waals surface area contributed by atoms with Crippen molar-refractivity contribution in [2.75, 3.05) is 0 Å². The van der Waals surface area contributed by atoms with Crippen LogP contribution in [0.25, 0.3) is 0 Å². The van der Waals surface area contributed by atoms with Crippen molar-refractivity contribution in [2.45, 2.75) is 105 Å². The molecule has 3 nitrogen and oxygen atoms in total. The van der Waals surface area contributed by atoms with Crippen molar-refractivity contribution in [1.82, 2.24) is 0 Å². The van der Waals surface area contributed by atoms with E-state index in [2.05, 4.69) is 66.7 Å². The summed E-state index contributed by atoms with van der Waals surface area (Å²) in [5.41, 5.74) is 2.15. The molecule has 3 heteroatoms. The van der Waals surface area contributed by atoms with Gasteiger partial charge in [-0.1, -0.05) is 47.1 Å². The number of carbonyl (C=O) groups is 1. The Hall–Kier alpha value is -1.35. The molecule has 0 saturated heterocycles. The van der Waals surface area contributed by atoms with Gasteiger partial charge in [0.05, 0.1) is 12.2 Å². The molecule has 0 heterocycles. The number of hydrogen-bond donors (Lipinski definition) is 1. The number of ketones is 1. The molecule has 0 bridgehead atoms. The molecular formula is C29H42O3. The summed E-state index contributed by atoms with van der Waals surface area (Å²) in [5.74, 6) is 1.91. The number of aliphatic hydroxyl groups excluding tert-OH is 1. The number of aliphatic hydroxyl groups is 1. The number of hydrogen-bond acceptors (Lipinski definition) is 3. The van der Waals surface area contributed by atoms with Crippen LogP contribution in [0.15, 0.2) is 18.2 Å². The minimum Gasteiger partial charge on any atom is -0.491 e. The molecule has 0 radical (unpaired) electrons. The van der Waals surface area contributed by atoms with E-state index in [-0.39, 0.29) is 39.6 Å². The highest BCUT2D eigenvalue weighted by Gasteiger charge is 2.71. The van der Waals surface area contributed by atoms with Gasteiger partial charge in [0.1, 0.15) is 11.5 Å². The third-order valence-corrected chi connectivity index (χ3v) is 10.6. The number of fused-ring (bicyclic) bond motifs is 7. The molecule has 1 aromatic carbocycles. The van der Waals surface area contributed by atoms with E-state index in [0.29, 0.717) is 18.1 Å². The molecule has 0 unspecified atom stereocenters. The Labute approximate surface area is 194 Å². The van der Waals surface area contributed by atoms with Crippen molar-refractivity contribution in [3.63, 3.8) is 0 Å². The second-order valence-electron chi connectivity index (χ2n) is 13.3. The van der Waals surface area contributed by atoms with Crippen LogP contribution >= 0.6 is 0 Å². The maximum atomic E-state index is 14.1. The van der Waals surface area contributed by atoms with Gasteiger partial charge in [0, 0.05) is 23.2 Å². The average Bonchev–Trinajstić information content (AvgIpc) is 2.96. The highest BCUT2D eigenvalue weighted by Crippen LogP contribution is 2.71. The van der Waals surface area contributed by atoms with Crippen LogP contribution in [0.3, 0.4) is 0 Å². The maximum absolute atomic E-state index is 14.1. The van der Waals surface area contributed by atoms with E-state index < -0.39 is 6.10 Å². The Bertz CT molecular complexity index is 948. The summed E-state index contributed by atoms with van der Waals surface area (Å²) in [7, 11) is 0. The van der Waals surface area contributed by atoms with E-state index in [1.807, 2.05) is 0 Å². The number of benzene rings is 1. The fourth-order valence-corrected chi connectivity index (χ4v) is 9.46. The molecule has 0 aliphatic heterocycles. The highest BCUT2D eigenvalue weighted by molar-refractivity contribution is 5.86. The summed E-state index contributed by atoms with van der Waals surface area (Å²) in [5, 5.41) is 11.8. The van der Waals surface area contributed by atoms with Crippen LogP contribution < -0.4 is 4.74 Å². The number of carbonyl (C=O) groups excluding carboxylic acids is 1. The number of rotatable bonds is 2. The van der Waals surface area contributed by atoms with Gasteiger partial charge in [0.25, 0.3) is 0 Å². The Balaban J connectivity index is 1.61. The predicted molar refractivity (Wildman–Crippen MR) is 128 cm³/mol. The van der Waals surface area contributed by atoms with Gasteiger partial charge in [0.15, 0.2) is 0 Å². The standard InChI is InChI=1S/C29H42O3/c1-17(2)32-19-10-9-18-13-23-28(6,20(18)14-19)16-21(30)25-27(5)12-8-11-26(3,4)22(27)15-24(31)29(23,25)7/h9-10,14,17,22-25,31H,8,11-13,15-16H2,1-7H3/t22-,23-,24-,25+,27-,28-,29-/m0/s1. The lowest BCUT2D eigenvalue weighted by atomic mass is 9.36. The quantitative estimate of drug-likeness (QED) is 0.607. The maximum Gasteiger partial charge on any atom is 0.138 e. The van der Waals surface area contributed by atoms with Gasteiger partial charge in [0.2, 0.25) is 0 Å². The highest BCUT2D eigenvalue weighted by atomic mass is 16.5. The summed E-state index contributed by atoms with van der Waals surface area (Å²) >= 11 is 0. The lowest BCUT2D eigenvalue weighted by Gasteiger charge is -2.68. The largest absolute Gasteiger partial charge is 0.491 e. The Morgan fingerprint density at radius 2 is 1.78 bits per heavy atom. The van der Waals surface area contributed by atoms with Crippen molar-refractivity contribution in [3.05, 3.63) is 29.3 Å². The minimum atomic E-state index is -0.433. The van der Waals surface area contributed by atoms with Crippen LogP contribution in [-0.2, 0) is 16.6 Å². The van der Waals surface area contributed by atoms with Gasteiger partial charge in [-0.05, 0) is 85.5 Å². The van der Waals surface area contributed by atoms with Crippen LogP contribution in [0.1, 0.15) is 91.7 Å². The molecular weight excluding hydrogens is 396 g/mol. The molecule has 0 amide bonds. The van der Waals surface area contributed by atoms with Crippen LogP contribution in [-0.4, -0.2) is 23.1 Å². The normalized spacial score (nSPS) is 44.5. The summed E-state index contributed by atoms with van der Waals surface area (Å²) < 4.78 is 6.02. The molecule has 3 saturated carbocycles. The van der Waals surface area contributed by atoms with E-state index in [9.17, 15) is 9.90 Å². The Morgan fingerprint density at radius 3 is 2.47 bits per heavy atom. The lowest BCUT2D eigenvalue weighted by Crippen LogP contribution is -2.68. The first-order valence-electron chi connectivity index (χ1n) is 12.8. The number of ether oxygens (including phenoxy) is 1. The fraction of sp³-hybridized carbons (Fsp3) is 0.759. The first kappa shape index (κ1) is 22.4. The zero-order valence-electron chi connectivity index (χ0n) is 21.1. The summed E-state index contributed by atoms with van der Waals surface area (Å²) in [4.78, 5) is 14.1. The minimum absolute atomic E-state index is 0.0190. The first-order valence-corrected chi connectivity index (χ1v) is 12.8. The fourth-order valence-electron chi connectivity index (χ4n) is 9.46. The third kappa shape index (κ3) is 2.79. The Kier molecular flexibility index (Phi) is 4.80. The van der Waals surface area contributed by atoms with Crippen molar-refractivity contribution in [1.29, 1.82) is 0 Å². The smallest absolute Gasteiger partial charge is 0.138 e. The first-order chi connectivity index (χ1) is 14.8. The SMILES string of the molecule is CC(C)Oc1ccc2c(c1)[C@]1(C)CC(=O)[C@@H]3[C@@]4(C)CCCC(C)(C)[C@@H]4C[C@H](O)[C@]3(C)[C@H]1C2. The van der Waals surface area contributed by atoms with Gasteiger partial charge in [-0.25, -0.2) is 0 Å². The molecule has 3 fully saturated rings. The van der Waals surface area contributed by atoms with Gasteiger partial charge >= 0.3 is 0 Å². The van der Waals surface area contributed by atoms with E-state index in [4.69, 9.17) is 4.74 Å². The summed E-state index contributed by atoms with van der Waals surface area (Å²) in [6, 6.07) is 6.48. The topological polar surface area (TPSA) is 46.5 Å². The summed E-state index contributed by atoms with van der Waals surface area (Å²) in [6.07, 6.45) is 5.56. The van der Waals surface area contributed by atoms with E-state index in [1.54, 1.807) is 0 Å². The molecule has 5 rings (SSSR count). The van der Waals surface area contributed by atoms with Gasteiger partial charge in [-0.3, -0.25) is 4.79 Å². The number of Topliss-reactive ketones (excluding diaryl/α,β-unsaturated/α-hetero) is 1. The van der Waals surface area contributed by atoms with Crippen LogP contribution in [0, 0.1) is 34.0 Å². The molecule has 4 aliphatic carbocycles. The Morgan fingerprint density at radius 1 is 1.06 bits per heavy atom. The lowest BCUT2D eigenvalue weighted by molar-refractivity contribution is -0.219. The molecule has 0 aromatic heterocycles. The van der Waals surface area contributed by atoms with E-state index in [1.165, 1.54) is 24.0 Å². The molecule has 1 aromatic rings. The zero-order valence-corrected chi connectivity index (χ0v) is 21.1. The van der Waals surface area contributed by atoms with Gasteiger partial charge < -0.3 is 9.84 Å². The predicted octanol–water partition coefficient (Wildman–Crippen LogP) is 6.10. The molecule has 0 spiro atoms. The second kappa shape index (κ2) is 6.84. The summed E-state index contributed by atoms with van der Waals surface area (Å²) in [6.45, 7) is 15.8. The molecule has 176 valence electrons. The average molecular weight is 439 g/mol.